The molecule has 0 unspecified atom stereocenters. The summed E-state index contributed by atoms with van der Waals surface area (Å²) in [5, 5.41) is 11.6. The van der Waals surface area contributed by atoms with E-state index in [4.69, 9.17) is 4.98 Å². The molecule has 0 fully saturated rings. The molecule has 10 heteroatoms. The third-order valence-corrected chi connectivity index (χ3v) is 7.10. The van der Waals surface area contributed by atoms with Crippen molar-refractivity contribution in [2.75, 3.05) is 0 Å². The second-order valence-corrected chi connectivity index (χ2v) is 9.68. The Morgan fingerprint density at radius 1 is 0.875 bits per heavy atom. The van der Waals surface area contributed by atoms with Crippen LogP contribution in [-0.4, -0.2) is 38.9 Å². The van der Waals surface area contributed by atoms with Gasteiger partial charge in [0.05, 0.1) is 11.4 Å². The number of tetrazole rings is 1. The number of hydrogen-bond donors (Lipinski definition) is 0. The first-order valence-electron chi connectivity index (χ1n) is 13.2. The first kappa shape index (κ1) is 25.2. The van der Waals surface area contributed by atoms with Gasteiger partial charge < -0.3 is 4.57 Å². The van der Waals surface area contributed by atoms with E-state index in [0.29, 0.717) is 29.8 Å². The molecule has 0 spiro atoms. The van der Waals surface area contributed by atoms with Crippen LogP contribution in [0.2, 0.25) is 0 Å². The van der Waals surface area contributed by atoms with E-state index in [1.165, 1.54) is 9.13 Å². The van der Waals surface area contributed by atoms with Crippen molar-refractivity contribution in [3.63, 3.8) is 0 Å². The zero-order valence-electron chi connectivity index (χ0n) is 22.3. The molecule has 40 heavy (non-hydrogen) atoms. The number of rotatable bonds is 8. The van der Waals surface area contributed by atoms with Gasteiger partial charge in [-0.25, -0.2) is 14.3 Å². The minimum atomic E-state index is -0.416. The van der Waals surface area contributed by atoms with Crippen molar-refractivity contribution >= 4 is 11.2 Å². The lowest BCUT2D eigenvalue weighted by Gasteiger charge is -2.13. The Balaban J connectivity index is 1.45. The number of para-hydroxylation sites is 2. The van der Waals surface area contributed by atoms with Gasteiger partial charge in [-0.15, -0.1) is 5.10 Å². The highest BCUT2D eigenvalue weighted by Gasteiger charge is 2.21. The summed E-state index contributed by atoms with van der Waals surface area (Å²) in [6.07, 6.45) is 4.20. The second kappa shape index (κ2) is 10.6. The molecule has 6 rings (SSSR count). The van der Waals surface area contributed by atoms with Crippen LogP contribution >= 0.6 is 0 Å². The third-order valence-electron chi connectivity index (χ3n) is 7.10. The summed E-state index contributed by atoms with van der Waals surface area (Å²) < 4.78 is 6.30. The molecule has 0 aliphatic rings. The molecule has 3 heterocycles. The largest absolute Gasteiger partial charge is 0.337 e. The van der Waals surface area contributed by atoms with Gasteiger partial charge in [0.25, 0.3) is 5.56 Å². The Kier molecular flexibility index (Phi) is 6.65. The number of unbranched alkanes of at least 4 members (excludes halogenated alkanes) is 1. The normalized spacial score (nSPS) is 11.3. The van der Waals surface area contributed by atoms with E-state index >= 15 is 0 Å². The van der Waals surface area contributed by atoms with Crippen LogP contribution in [-0.2, 0) is 20.0 Å². The van der Waals surface area contributed by atoms with Gasteiger partial charge in [0.2, 0.25) is 0 Å². The van der Waals surface area contributed by atoms with Crippen molar-refractivity contribution in [2.45, 2.75) is 32.7 Å². The maximum absolute atomic E-state index is 13.9. The van der Waals surface area contributed by atoms with Crippen molar-refractivity contribution in [3.05, 3.63) is 117 Å². The topological polar surface area (TPSA) is 105 Å². The molecule has 0 radical (unpaired) electrons. The van der Waals surface area contributed by atoms with Crippen LogP contribution in [0.1, 0.15) is 31.2 Å². The van der Waals surface area contributed by atoms with E-state index < -0.39 is 5.69 Å². The van der Waals surface area contributed by atoms with Crippen LogP contribution in [0.5, 0.6) is 0 Å². The standard InChI is InChI=1S/C30H28N8O2/c1-3-4-14-26-32-28-27(29(39)38(30(40)35(28)2)23-10-6-5-7-11-23)36(26)19-21-15-17-22(18-16-21)24-12-8-9-13-25(24)37-20-31-33-34-37/h5-13,15-18,20H,3-4,14,19H2,1-2H3. The molecule has 0 saturated carbocycles. The van der Waals surface area contributed by atoms with Crippen molar-refractivity contribution in [1.29, 1.82) is 0 Å². The molecule has 3 aromatic heterocycles. The SMILES string of the molecule is CCCCc1nc2c(c(=O)n(-c3ccccc3)c(=O)n2C)n1Cc1ccc(-c2ccccc2-n2cnnn2)cc1. The van der Waals surface area contributed by atoms with Gasteiger partial charge in [-0.1, -0.05) is 74.0 Å². The van der Waals surface area contributed by atoms with Crippen LogP contribution in [0.4, 0.5) is 0 Å². The summed E-state index contributed by atoms with van der Waals surface area (Å²) in [6, 6.07) is 25.2. The Hall–Kier alpha value is -5.12. The molecule has 10 nitrogen and oxygen atoms in total. The molecule has 0 N–H and O–H groups in total. The Bertz CT molecular complexity index is 1900. The van der Waals surface area contributed by atoms with Crippen molar-refractivity contribution in [1.82, 2.24) is 38.9 Å². The Labute approximate surface area is 229 Å². The number of nitrogens with zero attached hydrogens (tertiary/aromatic N) is 8. The second-order valence-electron chi connectivity index (χ2n) is 9.68. The Morgan fingerprint density at radius 3 is 2.35 bits per heavy atom. The molecular weight excluding hydrogens is 504 g/mol. The van der Waals surface area contributed by atoms with Crippen LogP contribution in [0.3, 0.4) is 0 Å². The fraction of sp³-hybridized carbons (Fsp3) is 0.200. The number of fused-ring (bicyclic) bond motifs is 1. The van der Waals surface area contributed by atoms with Gasteiger partial charge in [0, 0.05) is 25.6 Å². The number of aromatic nitrogens is 8. The summed E-state index contributed by atoms with van der Waals surface area (Å²) >= 11 is 0. The average molecular weight is 533 g/mol. The fourth-order valence-electron chi connectivity index (χ4n) is 5.03. The van der Waals surface area contributed by atoms with Crippen LogP contribution < -0.4 is 11.2 Å². The summed E-state index contributed by atoms with van der Waals surface area (Å²) in [6.45, 7) is 2.57. The smallest absolute Gasteiger partial charge is 0.318 e. The monoisotopic (exact) mass is 532 g/mol. The van der Waals surface area contributed by atoms with Gasteiger partial charge in [0.1, 0.15) is 12.2 Å². The summed E-state index contributed by atoms with van der Waals surface area (Å²) in [4.78, 5) is 31.9. The number of hydrogen-bond acceptors (Lipinski definition) is 6. The first-order valence-corrected chi connectivity index (χ1v) is 13.2. The lowest BCUT2D eigenvalue weighted by molar-refractivity contribution is 0.687. The molecule has 3 aromatic carbocycles. The third kappa shape index (κ3) is 4.43. The highest BCUT2D eigenvalue weighted by molar-refractivity contribution is 5.73. The summed E-state index contributed by atoms with van der Waals surface area (Å²) in [7, 11) is 1.67. The zero-order valence-corrected chi connectivity index (χ0v) is 22.3. The van der Waals surface area contributed by atoms with Crippen LogP contribution in [0.15, 0.2) is 94.8 Å². The van der Waals surface area contributed by atoms with Gasteiger partial charge in [-0.3, -0.25) is 9.36 Å². The maximum Gasteiger partial charge on any atom is 0.337 e. The van der Waals surface area contributed by atoms with E-state index in [0.717, 1.165) is 41.0 Å². The number of imidazole rings is 1. The highest BCUT2D eigenvalue weighted by atomic mass is 16.2. The van der Waals surface area contributed by atoms with Crippen molar-refractivity contribution < 1.29 is 0 Å². The Morgan fingerprint density at radius 2 is 1.62 bits per heavy atom. The number of benzene rings is 3. The first-order chi connectivity index (χ1) is 19.6. The van der Waals surface area contributed by atoms with Crippen molar-refractivity contribution in [2.24, 2.45) is 7.05 Å². The quantitative estimate of drug-likeness (QED) is 0.294. The van der Waals surface area contributed by atoms with E-state index in [-0.39, 0.29) is 5.56 Å². The molecule has 200 valence electrons. The van der Waals surface area contributed by atoms with E-state index in [1.807, 2.05) is 47.0 Å². The maximum atomic E-state index is 13.9. The zero-order chi connectivity index (χ0) is 27.6. The number of aryl methyl sites for hydroxylation is 2. The minimum absolute atomic E-state index is 0.369. The predicted octanol–water partition coefficient (Wildman–Crippen LogP) is 3.92. The minimum Gasteiger partial charge on any atom is -0.318 e. The van der Waals surface area contributed by atoms with Gasteiger partial charge in [-0.2, -0.15) is 4.68 Å². The molecule has 0 amide bonds. The van der Waals surface area contributed by atoms with Crippen molar-refractivity contribution in [3.8, 4) is 22.5 Å². The van der Waals surface area contributed by atoms with E-state index in [9.17, 15) is 9.59 Å². The van der Waals surface area contributed by atoms with Gasteiger partial charge in [-0.05, 0) is 46.2 Å². The van der Waals surface area contributed by atoms with Gasteiger partial charge in [0.15, 0.2) is 11.2 Å². The average Bonchev–Trinajstić information content (AvgIpc) is 3.65. The highest BCUT2D eigenvalue weighted by Crippen LogP contribution is 2.27. The van der Waals surface area contributed by atoms with E-state index in [2.05, 4.69) is 46.7 Å². The molecule has 0 saturated heterocycles. The molecule has 0 atom stereocenters. The molecule has 0 aliphatic carbocycles. The molecule has 0 aliphatic heterocycles. The van der Waals surface area contributed by atoms with Gasteiger partial charge >= 0.3 is 5.69 Å². The lowest BCUT2D eigenvalue weighted by Crippen LogP contribution is -2.38. The lowest BCUT2D eigenvalue weighted by atomic mass is 10.0. The van der Waals surface area contributed by atoms with Crippen LogP contribution in [0, 0.1) is 0 Å². The molecule has 6 aromatic rings. The summed E-state index contributed by atoms with van der Waals surface area (Å²) in [5.41, 5.74) is 4.48. The fourth-order valence-corrected chi connectivity index (χ4v) is 5.03. The van der Waals surface area contributed by atoms with E-state index in [1.54, 1.807) is 30.2 Å². The molecular formula is C30H28N8O2. The van der Waals surface area contributed by atoms with Crippen LogP contribution in [0.25, 0.3) is 33.7 Å². The molecule has 0 bridgehead atoms. The predicted molar refractivity (Wildman–Crippen MR) is 153 cm³/mol. The summed E-state index contributed by atoms with van der Waals surface area (Å²) in [5.74, 6) is 0.794.